The van der Waals surface area contributed by atoms with Gasteiger partial charge < -0.3 is 9.30 Å². The van der Waals surface area contributed by atoms with E-state index in [4.69, 9.17) is 4.74 Å². The molecule has 4 rings (SSSR count). The Morgan fingerprint density at radius 1 is 1.00 bits per heavy atom. The molecule has 0 radical (unpaired) electrons. The van der Waals surface area contributed by atoms with Crippen molar-refractivity contribution < 1.29 is 4.74 Å². The highest BCUT2D eigenvalue weighted by molar-refractivity contribution is 14.1. The number of hydrogen-bond donors (Lipinski definition) is 0. The van der Waals surface area contributed by atoms with Gasteiger partial charge in [-0.25, -0.2) is 0 Å². The first-order chi connectivity index (χ1) is 9.22. The molecule has 1 saturated heterocycles. The summed E-state index contributed by atoms with van der Waals surface area (Å²) in [5.41, 5.74) is 2.63. The lowest BCUT2D eigenvalue weighted by Gasteiger charge is -2.04. The minimum absolute atomic E-state index is 0.400. The molecule has 1 atom stereocenters. The van der Waals surface area contributed by atoms with E-state index in [1.54, 1.807) is 0 Å². The maximum Gasteiger partial charge on any atom is 0.0988 e. The van der Waals surface area contributed by atoms with Crippen LogP contribution in [0.1, 0.15) is 0 Å². The summed E-state index contributed by atoms with van der Waals surface area (Å²) in [5.74, 6) is 0. The van der Waals surface area contributed by atoms with Crippen LogP contribution in [0.3, 0.4) is 0 Å². The second kappa shape index (κ2) is 4.60. The van der Waals surface area contributed by atoms with Crippen LogP contribution in [0.15, 0.2) is 36.4 Å². The van der Waals surface area contributed by atoms with Crippen LogP contribution >= 0.6 is 45.2 Å². The van der Waals surface area contributed by atoms with Crippen molar-refractivity contribution in [3.63, 3.8) is 0 Å². The quantitative estimate of drug-likeness (QED) is 0.397. The molecule has 1 aliphatic heterocycles. The van der Waals surface area contributed by atoms with Gasteiger partial charge in [-0.1, -0.05) is 0 Å². The molecule has 19 heavy (non-hydrogen) atoms. The predicted octanol–water partition coefficient (Wildman–Crippen LogP) is 4.40. The standard InChI is InChI=1S/C15H11I2NO/c16-9-1-3-14-12(5-9)13-6-10(17)2-4-15(13)18(14)7-11-8-19-11/h1-6,11H,7-8H2/t11-/m1/s1. The molecule has 0 saturated carbocycles. The summed E-state index contributed by atoms with van der Waals surface area (Å²) in [7, 11) is 0. The number of hydrogen-bond acceptors (Lipinski definition) is 1. The topological polar surface area (TPSA) is 17.5 Å². The smallest absolute Gasteiger partial charge is 0.0988 e. The normalized spacial score (nSPS) is 18.3. The van der Waals surface area contributed by atoms with Gasteiger partial charge in [0.05, 0.1) is 19.3 Å². The van der Waals surface area contributed by atoms with E-state index in [0.29, 0.717) is 6.10 Å². The van der Waals surface area contributed by atoms with Crippen molar-refractivity contribution in [2.75, 3.05) is 6.61 Å². The Morgan fingerprint density at radius 2 is 1.53 bits per heavy atom. The number of aromatic nitrogens is 1. The maximum atomic E-state index is 5.40. The molecule has 0 unspecified atom stereocenters. The Hall–Kier alpha value is -0.340. The summed E-state index contributed by atoms with van der Waals surface area (Å²) in [6, 6.07) is 13.4. The number of epoxide rings is 1. The lowest BCUT2D eigenvalue weighted by Crippen LogP contribution is -2.03. The van der Waals surface area contributed by atoms with Crippen molar-refractivity contribution in [2.45, 2.75) is 12.6 Å². The number of ether oxygens (including phenoxy) is 1. The first kappa shape index (κ1) is 12.4. The molecule has 0 amide bonds. The zero-order chi connectivity index (χ0) is 13.0. The van der Waals surface area contributed by atoms with Crippen LogP contribution in [0.4, 0.5) is 0 Å². The predicted molar refractivity (Wildman–Crippen MR) is 94.6 cm³/mol. The van der Waals surface area contributed by atoms with Gasteiger partial charge in [0.2, 0.25) is 0 Å². The fourth-order valence-electron chi connectivity index (χ4n) is 2.62. The molecule has 2 nitrogen and oxygen atoms in total. The van der Waals surface area contributed by atoms with Crippen LogP contribution in [0.2, 0.25) is 0 Å². The van der Waals surface area contributed by atoms with Gasteiger partial charge in [-0.15, -0.1) is 0 Å². The number of benzene rings is 2. The zero-order valence-electron chi connectivity index (χ0n) is 10.1. The number of halogens is 2. The monoisotopic (exact) mass is 475 g/mol. The van der Waals surface area contributed by atoms with Crippen LogP contribution in [-0.2, 0) is 11.3 Å². The van der Waals surface area contributed by atoms with Gasteiger partial charge in [-0.2, -0.15) is 0 Å². The van der Waals surface area contributed by atoms with Crippen molar-refractivity contribution in [3.8, 4) is 0 Å². The lowest BCUT2D eigenvalue weighted by molar-refractivity contribution is 0.387. The first-order valence-corrected chi connectivity index (χ1v) is 8.37. The molecule has 3 aromatic rings. The maximum absolute atomic E-state index is 5.40. The summed E-state index contributed by atoms with van der Waals surface area (Å²) in [4.78, 5) is 0. The average Bonchev–Trinajstić information content (AvgIpc) is 3.16. The number of rotatable bonds is 2. The SMILES string of the molecule is Ic1ccc2c(c1)c1cc(I)ccc1n2C[C@@H]1CO1. The zero-order valence-corrected chi connectivity index (χ0v) is 14.4. The second-order valence-corrected chi connectivity index (χ2v) is 7.38. The van der Waals surface area contributed by atoms with Crippen molar-refractivity contribution >= 4 is 67.0 Å². The second-order valence-electron chi connectivity index (χ2n) is 4.89. The number of fused-ring (bicyclic) bond motifs is 3. The molecule has 0 aliphatic carbocycles. The van der Waals surface area contributed by atoms with E-state index < -0.39 is 0 Å². The third-order valence-corrected chi connectivity index (χ3v) is 4.92. The van der Waals surface area contributed by atoms with Gasteiger partial charge in [0, 0.05) is 28.9 Å². The summed E-state index contributed by atoms with van der Waals surface area (Å²) in [5, 5.41) is 2.70. The summed E-state index contributed by atoms with van der Waals surface area (Å²) >= 11 is 4.76. The van der Waals surface area contributed by atoms with Gasteiger partial charge in [-0.3, -0.25) is 0 Å². The highest BCUT2D eigenvalue weighted by atomic mass is 127. The first-order valence-electron chi connectivity index (χ1n) is 6.21. The Balaban J connectivity index is 2.09. The molecule has 1 fully saturated rings. The van der Waals surface area contributed by atoms with Gasteiger partial charge >= 0.3 is 0 Å². The van der Waals surface area contributed by atoms with E-state index in [-0.39, 0.29) is 0 Å². The Bertz CT molecular complexity index is 730. The fraction of sp³-hybridized carbons (Fsp3) is 0.200. The molecule has 0 bridgehead atoms. The van der Waals surface area contributed by atoms with E-state index in [2.05, 4.69) is 86.1 Å². The van der Waals surface area contributed by atoms with Crippen LogP contribution in [0, 0.1) is 7.14 Å². The highest BCUT2D eigenvalue weighted by Crippen LogP contribution is 2.32. The largest absolute Gasteiger partial charge is 0.371 e. The molecule has 0 N–H and O–H groups in total. The van der Waals surface area contributed by atoms with Crippen LogP contribution in [0.5, 0.6) is 0 Å². The van der Waals surface area contributed by atoms with Gasteiger partial charge in [0.1, 0.15) is 0 Å². The van der Waals surface area contributed by atoms with Gasteiger partial charge in [0.25, 0.3) is 0 Å². The highest BCUT2D eigenvalue weighted by Gasteiger charge is 2.24. The van der Waals surface area contributed by atoms with E-state index in [9.17, 15) is 0 Å². The third-order valence-electron chi connectivity index (χ3n) is 3.58. The molecule has 4 heteroatoms. The van der Waals surface area contributed by atoms with Crippen LogP contribution < -0.4 is 0 Å². The third kappa shape index (κ3) is 2.17. The average molecular weight is 475 g/mol. The van der Waals surface area contributed by atoms with Crippen molar-refractivity contribution in [2.24, 2.45) is 0 Å². The molecule has 1 aliphatic rings. The van der Waals surface area contributed by atoms with Crippen molar-refractivity contribution in [1.82, 2.24) is 4.57 Å². The minimum Gasteiger partial charge on any atom is -0.371 e. The molecular formula is C15H11I2NO. The van der Waals surface area contributed by atoms with Gasteiger partial charge in [0.15, 0.2) is 0 Å². The molecular weight excluding hydrogens is 464 g/mol. The molecule has 2 aromatic carbocycles. The summed E-state index contributed by atoms with van der Waals surface area (Å²) < 4.78 is 10.4. The minimum atomic E-state index is 0.400. The van der Waals surface area contributed by atoms with Crippen molar-refractivity contribution in [1.29, 1.82) is 0 Å². The fourth-order valence-corrected chi connectivity index (χ4v) is 3.60. The summed E-state index contributed by atoms with van der Waals surface area (Å²) in [6.07, 6.45) is 0.400. The molecule has 0 spiro atoms. The molecule has 1 aromatic heterocycles. The summed E-state index contributed by atoms with van der Waals surface area (Å²) in [6.45, 7) is 1.86. The van der Waals surface area contributed by atoms with E-state index in [1.807, 2.05) is 0 Å². The van der Waals surface area contributed by atoms with Crippen LogP contribution in [-0.4, -0.2) is 17.3 Å². The van der Waals surface area contributed by atoms with E-state index in [0.717, 1.165) is 13.2 Å². The molecule has 2 heterocycles. The van der Waals surface area contributed by atoms with Gasteiger partial charge in [-0.05, 0) is 81.6 Å². The van der Waals surface area contributed by atoms with Crippen LogP contribution in [0.25, 0.3) is 21.8 Å². The lowest BCUT2D eigenvalue weighted by atomic mass is 10.2. The van der Waals surface area contributed by atoms with Crippen molar-refractivity contribution in [3.05, 3.63) is 43.5 Å². The Labute approximate surface area is 138 Å². The molecule has 96 valence electrons. The van der Waals surface area contributed by atoms with E-state index in [1.165, 1.54) is 28.9 Å². The Kier molecular flexibility index (Phi) is 3.00. The Morgan fingerprint density at radius 3 is 2.00 bits per heavy atom. The van der Waals surface area contributed by atoms with E-state index >= 15 is 0 Å². The number of nitrogens with zero attached hydrogens (tertiary/aromatic N) is 1.